The van der Waals surface area contributed by atoms with Gasteiger partial charge in [0.15, 0.2) is 0 Å². The zero-order valence-corrected chi connectivity index (χ0v) is 12.8. The van der Waals surface area contributed by atoms with Gasteiger partial charge in [0.25, 0.3) is 10.1 Å². The van der Waals surface area contributed by atoms with Crippen LogP contribution in [0.4, 0.5) is 0 Å². The van der Waals surface area contributed by atoms with E-state index in [4.69, 9.17) is 4.18 Å². The van der Waals surface area contributed by atoms with Gasteiger partial charge in [-0.2, -0.15) is 8.42 Å². The zero-order valence-electron chi connectivity index (χ0n) is 12.0. The van der Waals surface area contributed by atoms with Gasteiger partial charge in [-0.25, -0.2) is 0 Å². The maximum Gasteiger partial charge on any atom is 0.274 e. The standard InChI is InChI=1S/C15H22O3S/c1-11-5-10-14(19(16,17)18-11)12-6-8-13(9-7-12)15(2,3)4/h6-9,11,14H,5,10H2,1-4H3. The molecule has 19 heavy (non-hydrogen) atoms. The van der Waals surface area contributed by atoms with Crippen LogP contribution in [0.3, 0.4) is 0 Å². The van der Waals surface area contributed by atoms with E-state index < -0.39 is 15.4 Å². The summed E-state index contributed by atoms with van der Waals surface area (Å²) in [6.45, 7) is 8.23. The molecule has 0 aliphatic carbocycles. The predicted molar refractivity (Wildman–Crippen MR) is 76.6 cm³/mol. The molecule has 1 saturated heterocycles. The van der Waals surface area contributed by atoms with E-state index in [-0.39, 0.29) is 11.5 Å². The predicted octanol–water partition coefficient (Wildman–Crippen LogP) is 3.55. The molecule has 1 aromatic carbocycles. The molecule has 0 amide bonds. The van der Waals surface area contributed by atoms with Gasteiger partial charge in [-0.05, 0) is 36.3 Å². The first kappa shape index (κ1) is 14.5. The second-order valence-electron chi connectivity index (χ2n) is 6.34. The zero-order chi connectivity index (χ0) is 14.3. The lowest BCUT2D eigenvalue weighted by atomic mass is 9.86. The largest absolute Gasteiger partial charge is 0.274 e. The molecule has 2 rings (SSSR count). The highest BCUT2D eigenvalue weighted by atomic mass is 32.2. The Balaban J connectivity index is 2.28. The molecule has 0 N–H and O–H groups in total. The van der Waals surface area contributed by atoms with Crippen LogP contribution in [0.25, 0.3) is 0 Å². The Labute approximate surface area is 116 Å². The van der Waals surface area contributed by atoms with Crippen molar-refractivity contribution in [3.05, 3.63) is 35.4 Å². The summed E-state index contributed by atoms with van der Waals surface area (Å²) < 4.78 is 29.2. The van der Waals surface area contributed by atoms with Gasteiger partial charge in [0.1, 0.15) is 5.25 Å². The fraction of sp³-hybridized carbons (Fsp3) is 0.600. The summed E-state index contributed by atoms with van der Waals surface area (Å²) in [6.07, 6.45) is 1.22. The molecule has 0 bridgehead atoms. The molecule has 1 aromatic rings. The number of rotatable bonds is 1. The second kappa shape index (κ2) is 4.91. The fourth-order valence-electron chi connectivity index (χ4n) is 2.41. The average molecular weight is 282 g/mol. The molecule has 2 unspecified atom stereocenters. The Morgan fingerprint density at radius 2 is 1.68 bits per heavy atom. The molecule has 1 aliphatic rings. The quantitative estimate of drug-likeness (QED) is 0.740. The van der Waals surface area contributed by atoms with Crippen molar-refractivity contribution in [2.75, 3.05) is 0 Å². The third kappa shape index (κ3) is 3.18. The van der Waals surface area contributed by atoms with Crippen LogP contribution in [0, 0.1) is 0 Å². The van der Waals surface area contributed by atoms with Gasteiger partial charge in [0, 0.05) is 0 Å². The van der Waals surface area contributed by atoms with Crippen molar-refractivity contribution in [2.24, 2.45) is 0 Å². The van der Waals surface area contributed by atoms with Crippen LogP contribution in [-0.4, -0.2) is 14.5 Å². The lowest BCUT2D eigenvalue weighted by Crippen LogP contribution is -2.27. The first-order valence-electron chi connectivity index (χ1n) is 6.73. The summed E-state index contributed by atoms with van der Waals surface area (Å²) >= 11 is 0. The average Bonchev–Trinajstić information content (AvgIpc) is 2.26. The number of benzene rings is 1. The van der Waals surface area contributed by atoms with E-state index in [1.165, 1.54) is 5.56 Å². The van der Waals surface area contributed by atoms with E-state index in [2.05, 4.69) is 20.8 Å². The molecule has 0 aromatic heterocycles. The molecule has 1 fully saturated rings. The summed E-state index contributed by atoms with van der Waals surface area (Å²) in [6, 6.07) is 7.87. The van der Waals surface area contributed by atoms with Crippen LogP contribution in [-0.2, 0) is 19.7 Å². The van der Waals surface area contributed by atoms with Crippen molar-refractivity contribution in [3.63, 3.8) is 0 Å². The maximum atomic E-state index is 12.1. The van der Waals surface area contributed by atoms with Crippen molar-refractivity contribution >= 4 is 10.1 Å². The Hall–Kier alpha value is -0.870. The fourth-order valence-corrected chi connectivity index (χ4v) is 4.01. The second-order valence-corrected chi connectivity index (χ2v) is 8.08. The van der Waals surface area contributed by atoms with Crippen LogP contribution in [0.1, 0.15) is 56.9 Å². The number of hydrogen-bond acceptors (Lipinski definition) is 3. The third-order valence-corrected chi connectivity index (χ3v) is 5.43. The summed E-state index contributed by atoms with van der Waals surface area (Å²) in [5, 5.41) is -0.516. The van der Waals surface area contributed by atoms with Crippen LogP contribution in [0.2, 0.25) is 0 Å². The Kier molecular flexibility index (Phi) is 3.76. The Morgan fingerprint density at radius 1 is 1.11 bits per heavy atom. The molecule has 1 aliphatic heterocycles. The van der Waals surface area contributed by atoms with E-state index in [1.54, 1.807) is 6.92 Å². The van der Waals surface area contributed by atoms with Gasteiger partial charge in [-0.3, -0.25) is 4.18 Å². The highest BCUT2D eigenvalue weighted by molar-refractivity contribution is 7.87. The molecule has 0 saturated carbocycles. The molecule has 3 nitrogen and oxygen atoms in total. The first-order valence-corrected chi connectivity index (χ1v) is 8.20. The Morgan fingerprint density at radius 3 is 2.16 bits per heavy atom. The smallest absolute Gasteiger partial charge is 0.267 e. The SMILES string of the molecule is CC1CCC(c2ccc(C(C)(C)C)cc2)S(=O)(=O)O1. The van der Waals surface area contributed by atoms with Gasteiger partial charge in [-0.1, -0.05) is 45.0 Å². The van der Waals surface area contributed by atoms with Gasteiger partial charge in [0.05, 0.1) is 6.10 Å². The summed E-state index contributed by atoms with van der Waals surface area (Å²) in [5.41, 5.74) is 2.12. The van der Waals surface area contributed by atoms with Crippen LogP contribution < -0.4 is 0 Å². The minimum Gasteiger partial charge on any atom is -0.267 e. The van der Waals surface area contributed by atoms with Gasteiger partial charge >= 0.3 is 0 Å². The Bertz CT molecular complexity index is 538. The van der Waals surface area contributed by atoms with E-state index in [0.717, 1.165) is 12.0 Å². The lowest BCUT2D eigenvalue weighted by molar-refractivity contribution is 0.189. The van der Waals surface area contributed by atoms with E-state index >= 15 is 0 Å². The van der Waals surface area contributed by atoms with Crippen molar-refractivity contribution in [2.45, 2.75) is 57.3 Å². The molecule has 1 heterocycles. The highest BCUT2D eigenvalue weighted by Crippen LogP contribution is 2.35. The molecular weight excluding hydrogens is 260 g/mol. The molecule has 0 radical (unpaired) electrons. The number of hydrogen-bond donors (Lipinski definition) is 0. The minimum absolute atomic E-state index is 0.0784. The van der Waals surface area contributed by atoms with E-state index in [9.17, 15) is 8.42 Å². The van der Waals surface area contributed by atoms with Crippen molar-refractivity contribution in [1.29, 1.82) is 0 Å². The third-order valence-electron chi connectivity index (χ3n) is 3.63. The highest BCUT2D eigenvalue weighted by Gasteiger charge is 2.34. The topological polar surface area (TPSA) is 43.4 Å². The van der Waals surface area contributed by atoms with Crippen LogP contribution >= 0.6 is 0 Å². The van der Waals surface area contributed by atoms with Crippen LogP contribution in [0.5, 0.6) is 0 Å². The van der Waals surface area contributed by atoms with E-state index in [1.807, 2.05) is 24.3 Å². The maximum absolute atomic E-state index is 12.1. The normalized spacial score (nSPS) is 27.2. The first-order chi connectivity index (χ1) is 8.70. The molecule has 4 heteroatoms. The van der Waals surface area contributed by atoms with E-state index in [0.29, 0.717) is 6.42 Å². The summed E-state index contributed by atoms with van der Waals surface area (Å²) in [7, 11) is -3.47. The van der Waals surface area contributed by atoms with Crippen LogP contribution in [0.15, 0.2) is 24.3 Å². The monoisotopic (exact) mass is 282 g/mol. The molecule has 0 spiro atoms. The molecule has 106 valence electrons. The van der Waals surface area contributed by atoms with Gasteiger partial charge in [-0.15, -0.1) is 0 Å². The summed E-state index contributed by atoms with van der Waals surface area (Å²) in [5.74, 6) is 0. The minimum atomic E-state index is -3.47. The van der Waals surface area contributed by atoms with Gasteiger partial charge < -0.3 is 0 Å². The van der Waals surface area contributed by atoms with Crippen molar-refractivity contribution in [1.82, 2.24) is 0 Å². The van der Waals surface area contributed by atoms with Crippen molar-refractivity contribution in [3.8, 4) is 0 Å². The lowest BCUT2D eigenvalue weighted by Gasteiger charge is -2.27. The summed E-state index contributed by atoms with van der Waals surface area (Å²) in [4.78, 5) is 0. The van der Waals surface area contributed by atoms with Gasteiger partial charge in [0.2, 0.25) is 0 Å². The van der Waals surface area contributed by atoms with Crippen molar-refractivity contribution < 1.29 is 12.6 Å². The molecule has 2 atom stereocenters. The molecular formula is C15H22O3S.